The molecule has 1 rings (SSSR count). The van der Waals surface area contributed by atoms with Crippen molar-refractivity contribution in [2.75, 3.05) is 6.61 Å². The van der Waals surface area contributed by atoms with Gasteiger partial charge in [0.05, 0.1) is 5.75 Å². The Kier molecular flexibility index (Phi) is 10.1. The molecule has 0 radical (unpaired) electrons. The van der Waals surface area contributed by atoms with Crippen LogP contribution in [0.4, 0.5) is 26.3 Å². The molecular formula is C15H15F6O3Rb. The first-order valence-corrected chi connectivity index (χ1v) is 6.83. The second-order valence-electron chi connectivity index (χ2n) is 4.90. The Labute approximate surface area is 189 Å². The smallest absolute Gasteiger partial charge is 0.484 e. The average Bonchev–Trinajstić information content (AvgIpc) is 2.48. The van der Waals surface area contributed by atoms with E-state index >= 15 is 0 Å². The third-order valence-electron chi connectivity index (χ3n) is 3.08. The molecule has 1 aromatic carbocycles. The predicted octanol–water partition coefficient (Wildman–Crippen LogP) is 1.46. The van der Waals surface area contributed by atoms with E-state index < -0.39 is 31.0 Å². The van der Waals surface area contributed by atoms with E-state index in [1.807, 2.05) is 13.8 Å². The van der Waals surface area contributed by atoms with Gasteiger partial charge in [0.2, 0.25) is 0 Å². The van der Waals surface area contributed by atoms with Gasteiger partial charge in [-0.3, -0.25) is 0 Å². The maximum absolute atomic E-state index is 12.3. The fourth-order valence-electron chi connectivity index (χ4n) is 1.67. The Morgan fingerprint density at radius 1 is 1.08 bits per heavy atom. The van der Waals surface area contributed by atoms with Gasteiger partial charge in [-0.15, -0.1) is 0 Å². The number of rotatable bonds is 6. The van der Waals surface area contributed by atoms with Crippen molar-refractivity contribution in [3.05, 3.63) is 35.7 Å². The molecule has 0 amide bonds. The van der Waals surface area contributed by atoms with Gasteiger partial charge in [-0.25, -0.2) is 4.79 Å². The SMILES string of the molecule is CC[C-](C)c1ccc(OCC(=O)OC(C(F)(F)F)C(F)(F)F)cc1.[Rb+]. The predicted molar refractivity (Wildman–Crippen MR) is 72.2 cm³/mol. The largest absolute Gasteiger partial charge is 1.00 e. The zero-order chi connectivity index (χ0) is 18.5. The summed E-state index contributed by atoms with van der Waals surface area (Å²) in [5, 5.41) is 0. The van der Waals surface area contributed by atoms with Crippen molar-refractivity contribution in [1.29, 1.82) is 0 Å². The number of benzene rings is 1. The van der Waals surface area contributed by atoms with Gasteiger partial charge in [-0.1, -0.05) is 32.4 Å². The molecule has 0 saturated carbocycles. The van der Waals surface area contributed by atoms with E-state index in [-0.39, 0.29) is 63.9 Å². The minimum atomic E-state index is -5.75. The maximum atomic E-state index is 12.3. The number of hydrogen-bond donors (Lipinski definition) is 0. The third-order valence-corrected chi connectivity index (χ3v) is 3.08. The van der Waals surface area contributed by atoms with Crippen molar-refractivity contribution in [2.24, 2.45) is 0 Å². The number of hydrogen-bond acceptors (Lipinski definition) is 3. The normalized spacial score (nSPS) is 11.7. The first-order valence-electron chi connectivity index (χ1n) is 6.83. The van der Waals surface area contributed by atoms with Crippen LogP contribution in [0.5, 0.6) is 5.75 Å². The molecule has 0 heterocycles. The first-order chi connectivity index (χ1) is 10.9. The van der Waals surface area contributed by atoms with Crippen LogP contribution in [0.1, 0.15) is 25.8 Å². The fraction of sp³-hybridized carbons (Fsp3) is 0.467. The van der Waals surface area contributed by atoms with Crippen LogP contribution in [0.15, 0.2) is 24.3 Å². The van der Waals surface area contributed by atoms with Gasteiger partial charge in [-0.2, -0.15) is 50.0 Å². The Hall–Kier alpha value is -0.255. The van der Waals surface area contributed by atoms with Crippen LogP contribution in [0.3, 0.4) is 0 Å². The molecule has 0 bridgehead atoms. The van der Waals surface area contributed by atoms with Crippen LogP contribution in [0.2, 0.25) is 0 Å². The van der Waals surface area contributed by atoms with Gasteiger partial charge in [0.15, 0.2) is 6.61 Å². The molecule has 0 aromatic heterocycles. The van der Waals surface area contributed by atoms with Crippen LogP contribution in [-0.2, 0) is 9.53 Å². The molecule has 3 nitrogen and oxygen atoms in total. The van der Waals surface area contributed by atoms with Crippen molar-refractivity contribution in [2.45, 2.75) is 38.7 Å². The molecule has 0 fully saturated rings. The molecule has 136 valence electrons. The van der Waals surface area contributed by atoms with Crippen molar-refractivity contribution < 1.29 is 98.8 Å². The van der Waals surface area contributed by atoms with E-state index in [1.165, 1.54) is 12.1 Å². The van der Waals surface area contributed by atoms with Crippen molar-refractivity contribution >= 4 is 5.97 Å². The molecule has 1 aromatic rings. The van der Waals surface area contributed by atoms with Crippen LogP contribution in [0, 0.1) is 5.92 Å². The van der Waals surface area contributed by atoms with E-state index in [1.54, 1.807) is 12.1 Å². The molecule has 10 heteroatoms. The number of ether oxygens (including phenoxy) is 2. The monoisotopic (exact) mass is 442 g/mol. The van der Waals surface area contributed by atoms with E-state index in [9.17, 15) is 31.1 Å². The van der Waals surface area contributed by atoms with E-state index in [2.05, 4.69) is 4.74 Å². The van der Waals surface area contributed by atoms with Gasteiger partial charge >= 0.3 is 76.5 Å². The average molecular weight is 443 g/mol. The van der Waals surface area contributed by atoms with Gasteiger partial charge in [0.1, 0.15) is 0 Å². The molecule has 25 heavy (non-hydrogen) atoms. The van der Waals surface area contributed by atoms with E-state index in [0.29, 0.717) is 0 Å². The topological polar surface area (TPSA) is 35.5 Å². The molecule has 0 atom stereocenters. The Morgan fingerprint density at radius 3 is 1.96 bits per heavy atom. The number of carbonyl (C=O) groups excluding carboxylic acids is 1. The van der Waals surface area contributed by atoms with Gasteiger partial charge in [0.25, 0.3) is 6.10 Å². The van der Waals surface area contributed by atoms with Crippen molar-refractivity contribution in [3.8, 4) is 5.75 Å². The molecule has 0 saturated heterocycles. The molecule has 0 N–H and O–H groups in total. The quantitative estimate of drug-likeness (QED) is 0.380. The second-order valence-corrected chi connectivity index (χ2v) is 4.90. The van der Waals surface area contributed by atoms with Crippen molar-refractivity contribution in [1.82, 2.24) is 0 Å². The first kappa shape index (κ1) is 24.7. The molecule has 0 aliphatic carbocycles. The van der Waals surface area contributed by atoms with E-state index in [0.717, 1.165) is 17.9 Å². The minimum absolute atomic E-state index is 0. The molecule has 0 aliphatic heterocycles. The maximum Gasteiger partial charge on any atom is 1.00 e. The van der Waals surface area contributed by atoms with Gasteiger partial charge in [-0.05, 0) is 0 Å². The number of esters is 1. The van der Waals surface area contributed by atoms with Crippen molar-refractivity contribution in [3.63, 3.8) is 0 Å². The summed E-state index contributed by atoms with van der Waals surface area (Å²) < 4.78 is 81.8. The summed E-state index contributed by atoms with van der Waals surface area (Å²) in [7, 11) is 0. The number of halogens is 6. The summed E-state index contributed by atoms with van der Waals surface area (Å²) >= 11 is 0. The number of carbonyl (C=O) groups is 1. The summed E-state index contributed by atoms with van der Waals surface area (Å²) in [6, 6.07) is 6.22. The Morgan fingerprint density at radius 2 is 1.56 bits per heavy atom. The molecule has 0 unspecified atom stereocenters. The van der Waals surface area contributed by atoms with Gasteiger partial charge in [0, 0.05) is 0 Å². The molecule has 0 spiro atoms. The zero-order valence-corrected chi connectivity index (χ0v) is 18.7. The molecule has 0 aliphatic rings. The van der Waals surface area contributed by atoms with E-state index in [4.69, 9.17) is 4.74 Å². The van der Waals surface area contributed by atoms with Crippen LogP contribution < -0.4 is 62.9 Å². The Balaban J connectivity index is 0.00000576. The van der Waals surface area contributed by atoms with Crippen LogP contribution in [0.25, 0.3) is 0 Å². The Bertz CT molecular complexity index is 528. The fourth-order valence-corrected chi connectivity index (χ4v) is 1.67. The summed E-state index contributed by atoms with van der Waals surface area (Å²) in [6.45, 7) is 2.79. The summed E-state index contributed by atoms with van der Waals surface area (Å²) in [4.78, 5) is 11.2. The summed E-state index contributed by atoms with van der Waals surface area (Å²) in [5.74, 6) is -0.565. The van der Waals surface area contributed by atoms with Crippen LogP contribution >= 0.6 is 0 Å². The summed E-state index contributed by atoms with van der Waals surface area (Å²) in [6.07, 6.45) is -14.9. The molecular weight excluding hydrogens is 428 g/mol. The standard InChI is InChI=1S/C15H15F6O3.Rb/c1-3-9(2)10-4-6-11(7-5-10)23-8-12(22)24-13(14(16,17)18)15(19,20)21;/h4-7,13H,3,8H2,1-2H3;/q-1;+1. The van der Waals surface area contributed by atoms with Crippen LogP contribution in [-0.4, -0.2) is 31.0 Å². The summed E-state index contributed by atoms with van der Waals surface area (Å²) in [5.41, 5.74) is 0.904. The second kappa shape index (κ2) is 10.2. The number of alkyl halides is 6. The minimum Gasteiger partial charge on any atom is -0.484 e. The third kappa shape index (κ3) is 8.32. The zero-order valence-electron chi connectivity index (χ0n) is 13.8. The van der Waals surface area contributed by atoms with Gasteiger partial charge < -0.3 is 9.47 Å².